The van der Waals surface area contributed by atoms with Crippen LogP contribution in [0.1, 0.15) is 13.3 Å². The fourth-order valence-electron chi connectivity index (χ4n) is 1.33. The van der Waals surface area contributed by atoms with E-state index in [-0.39, 0.29) is 18.1 Å². The minimum atomic E-state index is -0.333. The van der Waals surface area contributed by atoms with Gasteiger partial charge in [0.1, 0.15) is 12.4 Å². The Morgan fingerprint density at radius 2 is 2.42 bits per heavy atom. The number of rotatable bonds is 2. The minimum absolute atomic E-state index is 0.230. The number of carbonyl (C=O) groups excluding carboxylic acids is 2. The first-order chi connectivity index (χ1) is 5.65. The minimum Gasteiger partial charge on any atom is -0.445 e. The predicted octanol–water partition coefficient (Wildman–Crippen LogP) is 0.662. The maximum atomic E-state index is 11.0. The summed E-state index contributed by atoms with van der Waals surface area (Å²) in [5.41, 5.74) is 0. The molecule has 0 aromatic rings. The van der Waals surface area contributed by atoms with Crippen LogP contribution in [0.3, 0.4) is 0 Å². The second-order valence-corrected chi connectivity index (χ2v) is 3.18. The van der Waals surface area contributed by atoms with E-state index in [1.54, 1.807) is 7.05 Å². The van der Waals surface area contributed by atoms with Crippen molar-refractivity contribution in [1.29, 1.82) is 0 Å². The highest BCUT2D eigenvalue weighted by atomic mass is 16.6. The summed E-state index contributed by atoms with van der Waals surface area (Å²) in [6, 6.07) is 0. The third kappa shape index (κ3) is 1.75. The zero-order valence-electron chi connectivity index (χ0n) is 7.32. The average molecular weight is 171 g/mol. The summed E-state index contributed by atoms with van der Waals surface area (Å²) < 4.78 is 5.01. The molecule has 1 fully saturated rings. The lowest BCUT2D eigenvalue weighted by molar-refractivity contribution is -0.111. The number of amides is 1. The van der Waals surface area contributed by atoms with Crippen LogP contribution in [0, 0.1) is 5.92 Å². The van der Waals surface area contributed by atoms with E-state index in [9.17, 15) is 9.59 Å². The number of nitrogens with zero attached hydrogens (tertiary/aromatic N) is 1. The van der Waals surface area contributed by atoms with Gasteiger partial charge in [0.2, 0.25) is 0 Å². The molecule has 1 aliphatic heterocycles. The molecule has 0 bridgehead atoms. The van der Waals surface area contributed by atoms with Gasteiger partial charge in [-0.15, -0.1) is 0 Å². The molecular formula is C8H13NO3. The second-order valence-electron chi connectivity index (χ2n) is 3.18. The van der Waals surface area contributed by atoms with Crippen molar-refractivity contribution >= 4 is 12.4 Å². The molecule has 2 atom stereocenters. The van der Waals surface area contributed by atoms with Gasteiger partial charge in [-0.1, -0.05) is 6.92 Å². The molecule has 0 unspecified atom stereocenters. The Hall–Kier alpha value is -1.06. The third-order valence-corrected chi connectivity index (χ3v) is 2.09. The molecule has 0 radical (unpaired) electrons. The second kappa shape index (κ2) is 3.56. The molecule has 4 nitrogen and oxygen atoms in total. The normalized spacial score (nSPS) is 29.8. The summed E-state index contributed by atoms with van der Waals surface area (Å²) in [5, 5.41) is 0. The fraction of sp³-hybridized carbons (Fsp3) is 0.750. The van der Waals surface area contributed by atoms with E-state index in [2.05, 4.69) is 0 Å². The molecule has 1 saturated heterocycles. The van der Waals surface area contributed by atoms with Crippen LogP contribution >= 0.6 is 0 Å². The zero-order valence-corrected chi connectivity index (χ0v) is 7.32. The number of carbonyl (C=O) groups is 2. The van der Waals surface area contributed by atoms with Gasteiger partial charge in [-0.05, 0) is 0 Å². The van der Waals surface area contributed by atoms with Crippen molar-refractivity contribution in [3.8, 4) is 0 Å². The Kier molecular flexibility index (Phi) is 2.68. The van der Waals surface area contributed by atoms with Gasteiger partial charge in [0.05, 0.1) is 0 Å². The van der Waals surface area contributed by atoms with Gasteiger partial charge in [-0.3, -0.25) is 0 Å². The molecule has 1 rings (SSSR count). The first kappa shape index (κ1) is 9.03. The van der Waals surface area contributed by atoms with Gasteiger partial charge in [-0.2, -0.15) is 0 Å². The summed E-state index contributed by atoms with van der Waals surface area (Å²) in [7, 11) is 1.69. The molecule has 0 saturated carbocycles. The molecule has 0 spiro atoms. The van der Waals surface area contributed by atoms with Gasteiger partial charge < -0.3 is 14.4 Å². The highest BCUT2D eigenvalue weighted by molar-refractivity contribution is 5.68. The van der Waals surface area contributed by atoms with E-state index in [1.165, 1.54) is 4.90 Å². The fourth-order valence-corrected chi connectivity index (χ4v) is 1.33. The average Bonchev–Trinajstić information content (AvgIpc) is 2.01. The van der Waals surface area contributed by atoms with E-state index >= 15 is 0 Å². The van der Waals surface area contributed by atoms with E-state index < -0.39 is 0 Å². The summed E-state index contributed by atoms with van der Waals surface area (Å²) in [5.74, 6) is 0.234. The number of ether oxygens (including phenoxy) is 1. The lowest BCUT2D eigenvalue weighted by Gasteiger charge is -2.33. The van der Waals surface area contributed by atoms with E-state index in [4.69, 9.17) is 4.74 Å². The van der Waals surface area contributed by atoms with Crippen molar-refractivity contribution in [2.45, 2.75) is 19.4 Å². The summed E-state index contributed by atoms with van der Waals surface area (Å²) in [6.45, 7) is 2.63. The molecule has 0 aromatic heterocycles. The maximum Gasteiger partial charge on any atom is 0.409 e. The Balaban J connectivity index is 2.54. The van der Waals surface area contributed by atoms with Crippen molar-refractivity contribution in [2.24, 2.45) is 5.92 Å². The molecule has 4 heteroatoms. The van der Waals surface area contributed by atoms with Gasteiger partial charge in [0, 0.05) is 25.9 Å². The molecule has 0 N–H and O–H groups in total. The standard InChI is InChI=1S/C8H13NO3/c1-6-5-9(2)8(11)12-7(6)3-4-10/h4,6-7H,3,5H2,1-2H3/t6-,7+/m1/s1. The molecule has 0 aromatic carbocycles. The lowest BCUT2D eigenvalue weighted by atomic mass is 10.0. The first-order valence-corrected chi connectivity index (χ1v) is 4.00. The highest BCUT2D eigenvalue weighted by Gasteiger charge is 2.30. The van der Waals surface area contributed by atoms with Crippen molar-refractivity contribution in [2.75, 3.05) is 13.6 Å². The van der Waals surface area contributed by atoms with Crippen LogP contribution in [-0.4, -0.2) is 37.0 Å². The monoisotopic (exact) mass is 171 g/mol. The topological polar surface area (TPSA) is 46.6 Å². The Labute approximate surface area is 71.5 Å². The molecule has 1 amide bonds. The van der Waals surface area contributed by atoms with E-state index in [0.29, 0.717) is 13.0 Å². The summed E-state index contributed by atoms with van der Waals surface area (Å²) in [6.07, 6.45) is 0.534. The van der Waals surface area contributed by atoms with Gasteiger partial charge in [0.15, 0.2) is 0 Å². The first-order valence-electron chi connectivity index (χ1n) is 4.00. The third-order valence-electron chi connectivity index (χ3n) is 2.09. The van der Waals surface area contributed by atoms with Crippen LogP contribution in [-0.2, 0) is 9.53 Å². The van der Waals surface area contributed by atoms with Crippen LogP contribution < -0.4 is 0 Å². The van der Waals surface area contributed by atoms with Crippen molar-refractivity contribution in [3.05, 3.63) is 0 Å². The maximum absolute atomic E-state index is 11.0. The molecule has 68 valence electrons. The van der Waals surface area contributed by atoms with Gasteiger partial charge in [0.25, 0.3) is 0 Å². The number of hydrogen-bond acceptors (Lipinski definition) is 3. The van der Waals surface area contributed by atoms with Crippen LogP contribution in [0.5, 0.6) is 0 Å². The Morgan fingerprint density at radius 3 is 3.00 bits per heavy atom. The van der Waals surface area contributed by atoms with Crippen molar-refractivity contribution < 1.29 is 14.3 Å². The smallest absolute Gasteiger partial charge is 0.409 e. The SMILES string of the molecule is C[C@@H]1CN(C)C(=O)O[C@H]1CC=O. The molecule has 12 heavy (non-hydrogen) atoms. The van der Waals surface area contributed by atoms with Crippen LogP contribution in [0.25, 0.3) is 0 Å². The van der Waals surface area contributed by atoms with Gasteiger partial charge >= 0.3 is 6.09 Å². The lowest BCUT2D eigenvalue weighted by Crippen LogP contribution is -2.45. The van der Waals surface area contributed by atoms with E-state index in [1.807, 2.05) is 6.92 Å². The molecular weight excluding hydrogens is 158 g/mol. The predicted molar refractivity (Wildman–Crippen MR) is 42.7 cm³/mol. The Morgan fingerprint density at radius 1 is 1.75 bits per heavy atom. The number of aldehydes is 1. The largest absolute Gasteiger partial charge is 0.445 e. The van der Waals surface area contributed by atoms with Crippen molar-refractivity contribution in [1.82, 2.24) is 4.90 Å². The highest BCUT2D eigenvalue weighted by Crippen LogP contribution is 2.18. The van der Waals surface area contributed by atoms with Gasteiger partial charge in [-0.25, -0.2) is 4.79 Å². The zero-order chi connectivity index (χ0) is 9.14. The Bertz CT molecular complexity index is 193. The number of hydrogen-bond donors (Lipinski definition) is 0. The van der Waals surface area contributed by atoms with E-state index in [0.717, 1.165) is 6.29 Å². The van der Waals surface area contributed by atoms with Crippen LogP contribution in [0.15, 0.2) is 0 Å². The summed E-state index contributed by atoms with van der Waals surface area (Å²) in [4.78, 5) is 22.7. The van der Waals surface area contributed by atoms with Crippen LogP contribution in [0.2, 0.25) is 0 Å². The molecule has 0 aliphatic carbocycles. The van der Waals surface area contributed by atoms with Crippen molar-refractivity contribution in [3.63, 3.8) is 0 Å². The molecule has 1 aliphatic rings. The molecule has 1 heterocycles. The quantitative estimate of drug-likeness (QED) is 0.573. The number of cyclic esters (lactones) is 1. The summed E-state index contributed by atoms with van der Waals surface area (Å²) >= 11 is 0. The van der Waals surface area contributed by atoms with Crippen LogP contribution in [0.4, 0.5) is 4.79 Å².